The van der Waals surface area contributed by atoms with Gasteiger partial charge in [-0.1, -0.05) is 12.8 Å². The lowest BCUT2D eigenvalue weighted by atomic mass is 10.1. The largest absolute Gasteiger partial charge is 0.415 e. The van der Waals surface area contributed by atoms with Crippen molar-refractivity contribution in [2.24, 2.45) is 0 Å². The summed E-state index contributed by atoms with van der Waals surface area (Å²) in [6, 6.07) is 1.80. The molecule has 25 heavy (non-hydrogen) atoms. The first-order chi connectivity index (χ1) is 12.1. The van der Waals surface area contributed by atoms with Gasteiger partial charge in [0.25, 0.3) is 0 Å². The van der Waals surface area contributed by atoms with Crippen LogP contribution in [0.5, 0.6) is 0 Å². The van der Waals surface area contributed by atoms with Crippen molar-refractivity contribution in [2.45, 2.75) is 76.9 Å². The number of carbonyl (C=O) groups excluding carboxylic acids is 1. The Morgan fingerprint density at radius 1 is 1.00 bits per heavy atom. The van der Waals surface area contributed by atoms with E-state index in [1.165, 1.54) is 58.3 Å². The number of piperazine rings is 1. The van der Waals surface area contributed by atoms with Gasteiger partial charge in [0.05, 0.1) is 0 Å². The number of rotatable bonds is 4. The number of hydrogen-bond donors (Lipinski definition) is 0. The van der Waals surface area contributed by atoms with Crippen LogP contribution in [-0.4, -0.2) is 72.1 Å². The van der Waals surface area contributed by atoms with Crippen LogP contribution in [-0.2, 0) is 4.74 Å². The van der Waals surface area contributed by atoms with Gasteiger partial charge in [0.2, 0.25) is 0 Å². The first kappa shape index (κ1) is 18.7. The van der Waals surface area contributed by atoms with E-state index >= 15 is 0 Å². The number of nitrogens with zero attached hydrogens (tertiary/aromatic N) is 3. The summed E-state index contributed by atoms with van der Waals surface area (Å²) in [5.41, 5.74) is 0. The Balaban J connectivity index is 1.44. The molecule has 0 N–H and O–H groups in total. The van der Waals surface area contributed by atoms with Gasteiger partial charge in [0, 0.05) is 51.4 Å². The third kappa shape index (κ3) is 4.56. The molecule has 0 bridgehead atoms. The monoisotopic (exact) mass is 349 g/mol. The zero-order chi connectivity index (χ0) is 17.8. The van der Waals surface area contributed by atoms with E-state index in [1.807, 2.05) is 31.9 Å². The normalized spacial score (nSPS) is 30.0. The fourth-order valence-electron chi connectivity index (χ4n) is 4.77. The molecule has 1 heterocycles. The maximum atomic E-state index is 12.2. The van der Waals surface area contributed by atoms with Crippen molar-refractivity contribution in [3.05, 3.63) is 11.8 Å². The average Bonchev–Trinajstić information content (AvgIpc) is 3.33. The minimum absolute atomic E-state index is 0.215. The molecule has 0 spiro atoms. The molecule has 3 rings (SSSR count). The van der Waals surface area contributed by atoms with E-state index in [2.05, 4.69) is 9.80 Å². The highest BCUT2D eigenvalue weighted by Crippen LogP contribution is 2.30. The molecule has 3 fully saturated rings. The topological polar surface area (TPSA) is 36.0 Å². The average molecular weight is 350 g/mol. The Labute approximate surface area is 153 Å². The zero-order valence-corrected chi connectivity index (χ0v) is 16.2. The zero-order valence-electron chi connectivity index (χ0n) is 16.2. The van der Waals surface area contributed by atoms with Crippen molar-refractivity contribution in [3.63, 3.8) is 0 Å². The Bertz CT molecular complexity index is 479. The van der Waals surface area contributed by atoms with Gasteiger partial charge in [-0.2, -0.15) is 0 Å². The summed E-state index contributed by atoms with van der Waals surface area (Å²) in [5.74, 6) is 0.675. The van der Waals surface area contributed by atoms with Gasteiger partial charge >= 0.3 is 6.09 Å². The fraction of sp³-hybridized carbons (Fsp3) is 0.850. The SMILES string of the molecule is C/C=C(\C)OC(=O)N(C)[C@@H]1CC[C@H](N2CCN(C3CCCC3)CC2)C1. The summed E-state index contributed by atoms with van der Waals surface area (Å²) in [5, 5.41) is 0. The molecule has 2 saturated carbocycles. The van der Waals surface area contributed by atoms with Crippen LogP contribution in [0.3, 0.4) is 0 Å². The van der Waals surface area contributed by atoms with Gasteiger partial charge in [-0.3, -0.25) is 9.80 Å². The summed E-state index contributed by atoms with van der Waals surface area (Å²) >= 11 is 0. The fourth-order valence-corrected chi connectivity index (χ4v) is 4.77. The quantitative estimate of drug-likeness (QED) is 0.728. The number of ether oxygens (including phenoxy) is 1. The van der Waals surface area contributed by atoms with Crippen molar-refractivity contribution < 1.29 is 9.53 Å². The van der Waals surface area contributed by atoms with Crippen LogP contribution in [0.2, 0.25) is 0 Å². The van der Waals surface area contributed by atoms with E-state index in [9.17, 15) is 4.79 Å². The van der Waals surface area contributed by atoms with E-state index in [4.69, 9.17) is 4.74 Å². The van der Waals surface area contributed by atoms with E-state index in [1.54, 1.807) is 0 Å². The molecule has 0 aromatic rings. The standard InChI is InChI=1S/C20H35N3O2/c1-4-16(2)25-20(24)21(3)18-9-10-19(15-18)23-13-11-22(12-14-23)17-7-5-6-8-17/h4,17-19H,5-15H2,1-3H3/b16-4+/t18-,19+/m1/s1. The highest BCUT2D eigenvalue weighted by Gasteiger charge is 2.35. The van der Waals surface area contributed by atoms with Gasteiger partial charge in [-0.25, -0.2) is 4.79 Å². The summed E-state index contributed by atoms with van der Waals surface area (Å²) < 4.78 is 5.35. The molecule has 1 amide bonds. The molecule has 1 aliphatic heterocycles. The van der Waals surface area contributed by atoms with E-state index < -0.39 is 0 Å². The maximum absolute atomic E-state index is 12.2. The molecule has 1 saturated heterocycles. The van der Waals surface area contributed by atoms with Crippen molar-refractivity contribution in [3.8, 4) is 0 Å². The highest BCUT2D eigenvalue weighted by molar-refractivity contribution is 5.68. The van der Waals surface area contributed by atoms with Gasteiger partial charge in [-0.15, -0.1) is 0 Å². The molecule has 5 nitrogen and oxygen atoms in total. The summed E-state index contributed by atoms with van der Waals surface area (Å²) in [6.07, 6.45) is 10.6. The molecule has 0 unspecified atom stereocenters. The minimum atomic E-state index is -0.215. The number of amides is 1. The van der Waals surface area contributed by atoms with E-state index in [0.29, 0.717) is 17.8 Å². The van der Waals surface area contributed by atoms with Gasteiger partial charge in [-0.05, 0) is 52.0 Å². The predicted molar refractivity (Wildman–Crippen MR) is 101 cm³/mol. The van der Waals surface area contributed by atoms with Crippen LogP contribution in [0, 0.1) is 0 Å². The van der Waals surface area contributed by atoms with E-state index in [0.717, 1.165) is 18.9 Å². The van der Waals surface area contributed by atoms with Crippen molar-refractivity contribution >= 4 is 6.09 Å². The first-order valence-electron chi connectivity index (χ1n) is 10.1. The summed E-state index contributed by atoms with van der Waals surface area (Å²) in [4.78, 5) is 19.4. The van der Waals surface area contributed by atoms with E-state index in [-0.39, 0.29) is 6.09 Å². The molecular weight excluding hydrogens is 314 g/mol. The van der Waals surface area contributed by atoms with Crippen LogP contribution < -0.4 is 0 Å². The second kappa shape index (κ2) is 8.54. The van der Waals surface area contributed by atoms with Crippen LogP contribution in [0.25, 0.3) is 0 Å². The molecule has 142 valence electrons. The van der Waals surface area contributed by atoms with Crippen LogP contribution in [0.4, 0.5) is 4.79 Å². The number of allylic oxidation sites excluding steroid dienone is 2. The van der Waals surface area contributed by atoms with Gasteiger partial charge in [0.15, 0.2) is 0 Å². The van der Waals surface area contributed by atoms with Gasteiger partial charge < -0.3 is 9.64 Å². The molecule has 0 aromatic heterocycles. The smallest absolute Gasteiger partial charge is 0.414 e. The molecule has 2 aliphatic carbocycles. The summed E-state index contributed by atoms with van der Waals surface area (Å²) in [7, 11) is 1.89. The van der Waals surface area contributed by atoms with Gasteiger partial charge in [0.1, 0.15) is 5.76 Å². The molecule has 0 radical (unpaired) electrons. The van der Waals surface area contributed by atoms with Crippen molar-refractivity contribution in [2.75, 3.05) is 33.2 Å². The van der Waals surface area contributed by atoms with Crippen molar-refractivity contribution in [1.29, 1.82) is 0 Å². The second-order valence-corrected chi connectivity index (χ2v) is 8.01. The number of carbonyl (C=O) groups is 1. The second-order valence-electron chi connectivity index (χ2n) is 8.01. The summed E-state index contributed by atoms with van der Waals surface area (Å²) in [6.45, 7) is 8.56. The first-order valence-corrected chi connectivity index (χ1v) is 10.1. The minimum Gasteiger partial charge on any atom is -0.415 e. The molecule has 5 heteroatoms. The van der Waals surface area contributed by atoms with Crippen molar-refractivity contribution in [1.82, 2.24) is 14.7 Å². The third-order valence-corrected chi connectivity index (χ3v) is 6.57. The lowest BCUT2D eigenvalue weighted by Crippen LogP contribution is -2.52. The van der Waals surface area contributed by atoms with Crippen LogP contribution >= 0.6 is 0 Å². The molecule has 0 aromatic carbocycles. The van der Waals surface area contributed by atoms with Crippen LogP contribution in [0.1, 0.15) is 58.8 Å². The van der Waals surface area contributed by atoms with Crippen LogP contribution in [0.15, 0.2) is 11.8 Å². The highest BCUT2D eigenvalue weighted by atomic mass is 16.6. The maximum Gasteiger partial charge on any atom is 0.414 e. The lowest BCUT2D eigenvalue weighted by molar-refractivity contribution is 0.0687. The lowest BCUT2D eigenvalue weighted by Gasteiger charge is -2.40. The predicted octanol–water partition coefficient (Wildman–Crippen LogP) is 3.46. The Kier molecular flexibility index (Phi) is 6.39. The third-order valence-electron chi connectivity index (χ3n) is 6.57. The Morgan fingerprint density at radius 2 is 1.60 bits per heavy atom. The molecule has 2 atom stereocenters. The Morgan fingerprint density at radius 3 is 2.20 bits per heavy atom. The molecular formula is C20H35N3O2. The number of hydrogen-bond acceptors (Lipinski definition) is 4. The Hall–Kier alpha value is -1.07. The molecule has 3 aliphatic rings.